The van der Waals surface area contributed by atoms with Gasteiger partial charge in [-0.15, -0.1) is 0 Å². The third kappa shape index (κ3) is 4.00. The van der Waals surface area contributed by atoms with E-state index in [1.807, 2.05) is 55.5 Å². The van der Waals surface area contributed by atoms with Crippen LogP contribution in [0.3, 0.4) is 0 Å². The molecule has 2 rings (SSSR count). The molecule has 0 aromatic heterocycles. The number of hydrogen-bond acceptors (Lipinski definition) is 1. The third-order valence-electron chi connectivity index (χ3n) is 2.70. The van der Waals surface area contributed by atoms with Crippen LogP contribution in [0.4, 0.5) is 5.69 Å². The molecule has 98 valence electrons. The molecule has 19 heavy (non-hydrogen) atoms. The van der Waals surface area contributed by atoms with E-state index >= 15 is 0 Å². The summed E-state index contributed by atoms with van der Waals surface area (Å²) in [4.78, 5) is 4.27. The van der Waals surface area contributed by atoms with Crippen molar-refractivity contribution in [1.29, 1.82) is 0 Å². The molecule has 0 saturated heterocycles. The molecular formula is C15H16ClN3. The zero-order chi connectivity index (χ0) is 13.7. The van der Waals surface area contributed by atoms with Crippen molar-refractivity contribution in [3.63, 3.8) is 0 Å². The van der Waals surface area contributed by atoms with Gasteiger partial charge in [0.25, 0.3) is 0 Å². The Labute approximate surface area is 118 Å². The lowest BCUT2D eigenvalue weighted by Crippen LogP contribution is -2.22. The van der Waals surface area contributed by atoms with Crippen molar-refractivity contribution in [3.8, 4) is 0 Å². The largest absolute Gasteiger partial charge is 0.370 e. The normalized spacial score (nSPS) is 11.4. The zero-order valence-electron chi connectivity index (χ0n) is 10.7. The quantitative estimate of drug-likeness (QED) is 0.663. The lowest BCUT2D eigenvalue weighted by Gasteiger charge is -2.06. The Hall–Kier alpha value is -2.00. The molecule has 3 nitrogen and oxygen atoms in total. The van der Waals surface area contributed by atoms with Crippen LogP contribution in [0, 0.1) is 6.92 Å². The Bertz CT molecular complexity index is 576. The van der Waals surface area contributed by atoms with E-state index < -0.39 is 0 Å². The molecular weight excluding hydrogens is 258 g/mol. The highest BCUT2D eigenvalue weighted by molar-refractivity contribution is 6.31. The van der Waals surface area contributed by atoms with E-state index in [0.29, 0.717) is 17.5 Å². The number of nitrogens with two attached hydrogens (primary N) is 1. The van der Waals surface area contributed by atoms with Gasteiger partial charge in [-0.25, -0.2) is 4.99 Å². The Morgan fingerprint density at radius 1 is 1.16 bits per heavy atom. The van der Waals surface area contributed by atoms with Crippen molar-refractivity contribution in [2.75, 3.05) is 5.32 Å². The van der Waals surface area contributed by atoms with Gasteiger partial charge in [0, 0.05) is 10.7 Å². The number of halogens is 1. The number of anilines is 1. The Morgan fingerprint density at radius 3 is 2.53 bits per heavy atom. The number of nitrogens with one attached hydrogen (secondary N) is 1. The van der Waals surface area contributed by atoms with Crippen LogP contribution < -0.4 is 11.1 Å². The smallest absolute Gasteiger partial charge is 0.193 e. The van der Waals surface area contributed by atoms with E-state index in [-0.39, 0.29) is 0 Å². The molecule has 0 spiro atoms. The highest BCUT2D eigenvalue weighted by atomic mass is 35.5. The van der Waals surface area contributed by atoms with Gasteiger partial charge in [-0.3, -0.25) is 0 Å². The van der Waals surface area contributed by atoms with E-state index in [2.05, 4.69) is 10.3 Å². The number of nitrogens with zero attached hydrogens (tertiary/aromatic N) is 1. The summed E-state index contributed by atoms with van der Waals surface area (Å²) in [6.45, 7) is 2.50. The van der Waals surface area contributed by atoms with E-state index in [0.717, 1.165) is 11.3 Å². The first kappa shape index (κ1) is 13.4. The first-order valence-electron chi connectivity index (χ1n) is 6.02. The Kier molecular flexibility index (Phi) is 4.42. The molecule has 0 bridgehead atoms. The second kappa shape index (κ2) is 6.25. The predicted octanol–water partition coefficient (Wildman–Crippen LogP) is 3.58. The van der Waals surface area contributed by atoms with Crippen LogP contribution in [0.5, 0.6) is 0 Å². The number of aliphatic imine (C=N–C) groups is 1. The Morgan fingerprint density at radius 2 is 1.84 bits per heavy atom. The number of aryl methyl sites for hydroxylation is 1. The molecule has 0 saturated carbocycles. The minimum atomic E-state index is 0.378. The fourth-order valence-corrected chi connectivity index (χ4v) is 1.82. The summed E-state index contributed by atoms with van der Waals surface area (Å²) in [6.07, 6.45) is 0. The molecule has 2 aromatic carbocycles. The average Bonchev–Trinajstić information content (AvgIpc) is 2.40. The zero-order valence-corrected chi connectivity index (χ0v) is 11.5. The molecule has 3 N–H and O–H groups in total. The van der Waals surface area contributed by atoms with Gasteiger partial charge in [-0.05, 0) is 30.7 Å². The fraction of sp³-hybridized carbons (Fsp3) is 0.133. The van der Waals surface area contributed by atoms with Crippen molar-refractivity contribution < 1.29 is 0 Å². The predicted molar refractivity (Wildman–Crippen MR) is 81.6 cm³/mol. The molecule has 0 fully saturated rings. The third-order valence-corrected chi connectivity index (χ3v) is 3.07. The maximum atomic E-state index is 6.05. The molecule has 0 unspecified atom stereocenters. The van der Waals surface area contributed by atoms with Crippen LogP contribution in [-0.4, -0.2) is 5.96 Å². The van der Waals surface area contributed by atoms with Crippen molar-refractivity contribution in [2.24, 2.45) is 10.7 Å². The van der Waals surface area contributed by atoms with E-state index in [9.17, 15) is 0 Å². The molecule has 0 aliphatic carbocycles. The molecule has 0 radical (unpaired) electrons. The number of guanidine groups is 1. The first-order valence-corrected chi connectivity index (χ1v) is 6.40. The SMILES string of the molecule is Cc1ccc(NC(N)=NCc2ccccc2Cl)cc1. The van der Waals surface area contributed by atoms with Gasteiger partial charge in [0.15, 0.2) is 5.96 Å². The monoisotopic (exact) mass is 273 g/mol. The second-order valence-corrected chi connectivity index (χ2v) is 4.69. The van der Waals surface area contributed by atoms with Crippen molar-refractivity contribution >= 4 is 23.2 Å². The summed E-state index contributed by atoms with van der Waals surface area (Å²) in [5, 5.41) is 3.75. The van der Waals surface area contributed by atoms with Crippen LogP contribution in [0.2, 0.25) is 5.02 Å². The summed E-state index contributed by atoms with van der Waals surface area (Å²) < 4.78 is 0. The van der Waals surface area contributed by atoms with Gasteiger partial charge in [0.05, 0.1) is 6.54 Å². The molecule has 0 atom stereocenters. The summed E-state index contributed by atoms with van der Waals surface area (Å²) in [6, 6.07) is 15.6. The van der Waals surface area contributed by atoms with Gasteiger partial charge < -0.3 is 11.1 Å². The van der Waals surface area contributed by atoms with Gasteiger partial charge in [-0.1, -0.05) is 47.5 Å². The van der Waals surface area contributed by atoms with Gasteiger partial charge in [0.1, 0.15) is 0 Å². The Balaban J connectivity index is 2.00. The summed E-state index contributed by atoms with van der Waals surface area (Å²) in [5.74, 6) is 0.378. The molecule has 4 heteroatoms. The number of hydrogen-bond donors (Lipinski definition) is 2. The van der Waals surface area contributed by atoms with Crippen molar-refractivity contribution in [2.45, 2.75) is 13.5 Å². The standard InChI is InChI=1S/C15H16ClN3/c1-11-6-8-13(9-7-11)19-15(17)18-10-12-4-2-3-5-14(12)16/h2-9H,10H2,1H3,(H3,17,18,19). The van der Waals surface area contributed by atoms with Crippen LogP contribution in [0.25, 0.3) is 0 Å². The van der Waals surface area contributed by atoms with E-state index in [1.54, 1.807) is 0 Å². The van der Waals surface area contributed by atoms with Crippen LogP contribution in [0.1, 0.15) is 11.1 Å². The molecule has 0 amide bonds. The summed E-state index contributed by atoms with van der Waals surface area (Å²) in [5.41, 5.74) is 8.92. The molecule has 0 aliphatic heterocycles. The first-order chi connectivity index (χ1) is 9.15. The van der Waals surface area contributed by atoms with Crippen LogP contribution in [0.15, 0.2) is 53.5 Å². The topological polar surface area (TPSA) is 50.4 Å². The van der Waals surface area contributed by atoms with E-state index in [1.165, 1.54) is 5.56 Å². The lowest BCUT2D eigenvalue weighted by molar-refractivity contribution is 1.06. The van der Waals surface area contributed by atoms with Gasteiger partial charge in [0.2, 0.25) is 0 Å². The summed E-state index contributed by atoms with van der Waals surface area (Å²) >= 11 is 6.05. The van der Waals surface area contributed by atoms with Gasteiger partial charge >= 0.3 is 0 Å². The maximum absolute atomic E-state index is 6.05. The highest BCUT2D eigenvalue weighted by Gasteiger charge is 1.98. The minimum Gasteiger partial charge on any atom is -0.370 e. The second-order valence-electron chi connectivity index (χ2n) is 4.28. The van der Waals surface area contributed by atoms with Crippen LogP contribution in [-0.2, 0) is 6.54 Å². The maximum Gasteiger partial charge on any atom is 0.193 e. The minimum absolute atomic E-state index is 0.378. The fourth-order valence-electron chi connectivity index (χ4n) is 1.62. The van der Waals surface area contributed by atoms with Crippen molar-refractivity contribution in [3.05, 3.63) is 64.7 Å². The number of benzene rings is 2. The molecule has 0 aliphatic rings. The highest BCUT2D eigenvalue weighted by Crippen LogP contribution is 2.15. The molecule has 2 aromatic rings. The summed E-state index contributed by atoms with van der Waals surface area (Å²) in [7, 11) is 0. The van der Waals surface area contributed by atoms with Crippen molar-refractivity contribution in [1.82, 2.24) is 0 Å². The average molecular weight is 274 g/mol. The lowest BCUT2D eigenvalue weighted by atomic mass is 10.2. The molecule has 0 heterocycles. The van der Waals surface area contributed by atoms with Crippen LogP contribution >= 0.6 is 11.6 Å². The number of rotatable bonds is 3. The van der Waals surface area contributed by atoms with Gasteiger partial charge in [-0.2, -0.15) is 0 Å². The van der Waals surface area contributed by atoms with E-state index in [4.69, 9.17) is 17.3 Å².